The average Bonchev–Trinajstić information content (AvgIpc) is 3.05. The first-order valence-corrected chi connectivity index (χ1v) is 7.36. The number of benzene rings is 1. The molecule has 4 nitrogen and oxygen atoms in total. The normalized spacial score (nSPS) is 18.8. The molecule has 1 amide bonds. The molecule has 0 saturated heterocycles. The van der Waals surface area contributed by atoms with E-state index in [2.05, 4.69) is 11.8 Å². The molecule has 2 aliphatic rings. The van der Waals surface area contributed by atoms with Gasteiger partial charge in [0.25, 0.3) is 11.7 Å². The van der Waals surface area contributed by atoms with Crippen molar-refractivity contribution in [3.8, 4) is 0 Å². The molecule has 0 radical (unpaired) electrons. The molecule has 0 N–H and O–H groups in total. The van der Waals surface area contributed by atoms with Gasteiger partial charge in [0.05, 0.1) is 11.3 Å². The van der Waals surface area contributed by atoms with Crippen LogP contribution >= 0.6 is 0 Å². The summed E-state index contributed by atoms with van der Waals surface area (Å²) in [6.07, 6.45) is 5.06. The second kappa shape index (κ2) is 4.93. The van der Waals surface area contributed by atoms with Gasteiger partial charge >= 0.3 is 0 Å². The molecule has 106 valence electrons. The minimum Gasteiger partial charge on any atom is -0.369 e. The molecule has 1 heterocycles. The molecule has 1 aromatic carbocycles. The number of likely N-dealkylation sites (N-methyl/N-ethyl adjacent to an activating group) is 1. The second-order valence-electron chi connectivity index (χ2n) is 5.62. The molecule has 4 heteroatoms. The van der Waals surface area contributed by atoms with Crippen molar-refractivity contribution in [1.29, 1.82) is 0 Å². The van der Waals surface area contributed by atoms with E-state index in [1.54, 1.807) is 13.1 Å². The fraction of sp³-hybridized carbons (Fsp3) is 0.500. The fourth-order valence-electron chi connectivity index (χ4n) is 3.41. The molecule has 1 aromatic rings. The molecule has 3 rings (SSSR count). The van der Waals surface area contributed by atoms with Crippen LogP contribution in [0.3, 0.4) is 0 Å². The Labute approximate surface area is 119 Å². The lowest BCUT2D eigenvalue weighted by Crippen LogP contribution is -2.33. The van der Waals surface area contributed by atoms with E-state index < -0.39 is 11.7 Å². The van der Waals surface area contributed by atoms with Gasteiger partial charge in [0.1, 0.15) is 0 Å². The van der Waals surface area contributed by atoms with Gasteiger partial charge in [-0.3, -0.25) is 9.59 Å². The summed E-state index contributed by atoms with van der Waals surface area (Å²) < 4.78 is 0. The van der Waals surface area contributed by atoms with E-state index >= 15 is 0 Å². The van der Waals surface area contributed by atoms with E-state index in [0.717, 1.165) is 17.9 Å². The molecule has 1 saturated carbocycles. The van der Waals surface area contributed by atoms with Crippen molar-refractivity contribution in [3.63, 3.8) is 0 Å². The molecule has 0 atom stereocenters. The van der Waals surface area contributed by atoms with Crippen LogP contribution in [0.5, 0.6) is 0 Å². The number of fused-ring (bicyclic) bond motifs is 1. The number of ketones is 1. The van der Waals surface area contributed by atoms with Gasteiger partial charge in [-0.1, -0.05) is 12.8 Å². The minimum atomic E-state index is -0.430. The number of rotatable bonds is 3. The summed E-state index contributed by atoms with van der Waals surface area (Å²) >= 11 is 0. The van der Waals surface area contributed by atoms with E-state index in [9.17, 15) is 9.59 Å². The number of carbonyl (C=O) groups is 2. The molecule has 0 bridgehead atoms. The summed E-state index contributed by atoms with van der Waals surface area (Å²) in [6, 6.07) is 6.35. The molecule has 0 spiro atoms. The predicted molar refractivity (Wildman–Crippen MR) is 79.5 cm³/mol. The van der Waals surface area contributed by atoms with E-state index in [-0.39, 0.29) is 0 Å². The number of nitrogens with zero attached hydrogens (tertiary/aromatic N) is 2. The highest BCUT2D eigenvalue weighted by Crippen LogP contribution is 2.34. The Morgan fingerprint density at radius 2 is 1.95 bits per heavy atom. The number of hydrogen-bond donors (Lipinski definition) is 0. The molecule has 1 aliphatic carbocycles. The molecular formula is C16H20N2O2. The van der Waals surface area contributed by atoms with Gasteiger partial charge in [-0.15, -0.1) is 0 Å². The highest BCUT2D eigenvalue weighted by atomic mass is 16.2. The van der Waals surface area contributed by atoms with Crippen LogP contribution in [-0.2, 0) is 4.79 Å². The van der Waals surface area contributed by atoms with Gasteiger partial charge in [0, 0.05) is 25.3 Å². The summed E-state index contributed by atoms with van der Waals surface area (Å²) in [5, 5.41) is 0. The third-order valence-electron chi connectivity index (χ3n) is 4.52. The van der Waals surface area contributed by atoms with Crippen molar-refractivity contribution < 1.29 is 9.59 Å². The summed E-state index contributed by atoms with van der Waals surface area (Å²) in [5.74, 6) is -0.820. The van der Waals surface area contributed by atoms with E-state index in [4.69, 9.17) is 0 Å². The summed E-state index contributed by atoms with van der Waals surface area (Å²) in [4.78, 5) is 27.4. The number of hydrogen-bond acceptors (Lipinski definition) is 3. The molecule has 0 aromatic heterocycles. The quantitative estimate of drug-likeness (QED) is 0.794. The summed E-state index contributed by atoms with van der Waals surface area (Å²) in [6.45, 7) is 3.11. The monoisotopic (exact) mass is 272 g/mol. The third kappa shape index (κ3) is 1.90. The van der Waals surface area contributed by atoms with Gasteiger partial charge in [0.2, 0.25) is 0 Å². The van der Waals surface area contributed by atoms with Crippen molar-refractivity contribution in [2.45, 2.75) is 38.6 Å². The van der Waals surface area contributed by atoms with Crippen molar-refractivity contribution in [3.05, 3.63) is 23.8 Å². The lowest BCUT2D eigenvalue weighted by atomic mass is 10.1. The zero-order valence-corrected chi connectivity index (χ0v) is 12.1. The van der Waals surface area contributed by atoms with Crippen LogP contribution in [-0.4, -0.2) is 31.3 Å². The Morgan fingerprint density at radius 3 is 2.60 bits per heavy atom. The maximum Gasteiger partial charge on any atom is 0.299 e. The lowest BCUT2D eigenvalue weighted by Gasteiger charge is -2.30. The van der Waals surface area contributed by atoms with Crippen LogP contribution in [0.15, 0.2) is 18.2 Å². The largest absolute Gasteiger partial charge is 0.369 e. The van der Waals surface area contributed by atoms with Crippen LogP contribution in [0, 0.1) is 0 Å². The topological polar surface area (TPSA) is 40.6 Å². The number of carbonyl (C=O) groups excluding carboxylic acids is 2. The predicted octanol–water partition coefficient (Wildman–Crippen LogP) is 2.61. The zero-order chi connectivity index (χ0) is 14.3. The Kier molecular flexibility index (Phi) is 3.24. The van der Waals surface area contributed by atoms with E-state index in [1.807, 2.05) is 12.1 Å². The van der Waals surface area contributed by atoms with Gasteiger partial charge in [-0.25, -0.2) is 0 Å². The van der Waals surface area contributed by atoms with Gasteiger partial charge in [0.15, 0.2) is 0 Å². The van der Waals surface area contributed by atoms with Gasteiger partial charge in [-0.05, 0) is 38.0 Å². The number of Topliss-reactive ketones (excluding diaryl/α,β-unsaturated/α-hetero) is 1. The molecule has 1 aliphatic heterocycles. The molecule has 20 heavy (non-hydrogen) atoms. The van der Waals surface area contributed by atoms with Crippen molar-refractivity contribution >= 4 is 23.1 Å². The summed E-state index contributed by atoms with van der Waals surface area (Å²) in [7, 11) is 1.67. The van der Waals surface area contributed by atoms with Crippen LogP contribution in [0.1, 0.15) is 43.0 Å². The minimum absolute atomic E-state index is 0.391. The first-order valence-electron chi connectivity index (χ1n) is 7.36. The SMILES string of the molecule is CCN(c1ccc2c(c1)N(C)C(=O)C2=O)C1CCCC1. The maximum absolute atomic E-state index is 11.8. The van der Waals surface area contributed by atoms with Crippen molar-refractivity contribution in [2.75, 3.05) is 23.4 Å². The average molecular weight is 272 g/mol. The second-order valence-corrected chi connectivity index (χ2v) is 5.62. The van der Waals surface area contributed by atoms with Gasteiger partial charge < -0.3 is 9.80 Å². The Hall–Kier alpha value is -1.84. The van der Waals surface area contributed by atoms with E-state index in [0.29, 0.717) is 11.6 Å². The molecular weight excluding hydrogens is 252 g/mol. The standard InChI is InChI=1S/C16H20N2O2/c1-3-18(11-6-4-5-7-11)12-8-9-13-14(10-12)17(2)16(20)15(13)19/h8-11H,3-7H2,1-2H3. The molecule has 0 unspecified atom stereocenters. The first-order chi connectivity index (χ1) is 9.63. The number of amides is 1. The summed E-state index contributed by atoms with van der Waals surface area (Å²) in [5.41, 5.74) is 2.39. The van der Waals surface area contributed by atoms with Gasteiger partial charge in [-0.2, -0.15) is 0 Å². The van der Waals surface area contributed by atoms with Crippen LogP contribution in [0.25, 0.3) is 0 Å². The maximum atomic E-state index is 11.8. The van der Waals surface area contributed by atoms with Crippen LogP contribution < -0.4 is 9.80 Å². The van der Waals surface area contributed by atoms with Crippen LogP contribution in [0.4, 0.5) is 11.4 Å². The highest BCUT2D eigenvalue weighted by molar-refractivity contribution is 6.52. The highest BCUT2D eigenvalue weighted by Gasteiger charge is 2.34. The van der Waals surface area contributed by atoms with E-state index in [1.165, 1.54) is 30.6 Å². The molecule has 1 fully saturated rings. The number of anilines is 2. The van der Waals surface area contributed by atoms with Crippen LogP contribution in [0.2, 0.25) is 0 Å². The Bertz CT molecular complexity index is 562. The Morgan fingerprint density at radius 1 is 1.25 bits per heavy atom. The van der Waals surface area contributed by atoms with Crippen molar-refractivity contribution in [2.24, 2.45) is 0 Å². The third-order valence-corrected chi connectivity index (χ3v) is 4.52. The first kappa shape index (κ1) is 13.2. The fourth-order valence-corrected chi connectivity index (χ4v) is 3.41. The Balaban J connectivity index is 1.96. The lowest BCUT2D eigenvalue weighted by molar-refractivity contribution is -0.114. The zero-order valence-electron chi connectivity index (χ0n) is 12.1. The van der Waals surface area contributed by atoms with Crippen molar-refractivity contribution in [1.82, 2.24) is 0 Å². The smallest absolute Gasteiger partial charge is 0.299 e.